The number of fused-ring (bicyclic) bond motifs is 1. The van der Waals surface area contributed by atoms with E-state index < -0.39 is 12.1 Å². The van der Waals surface area contributed by atoms with Crippen LogP contribution in [0.15, 0.2) is 24.4 Å². The molecule has 2 N–H and O–H groups in total. The van der Waals surface area contributed by atoms with E-state index in [-0.39, 0.29) is 17.7 Å². The first-order valence-electron chi connectivity index (χ1n) is 9.80. The molecule has 2 saturated carbocycles. The van der Waals surface area contributed by atoms with Crippen LogP contribution in [0.4, 0.5) is 0 Å². The zero-order valence-corrected chi connectivity index (χ0v) is 15.0. The SMILES string of the molecule is O=C(N[C@@H]1C[C@@H](C(=O)N2C[C@H]3CCC[C@H]3C2)CC[C@H]1O)c1ccccn1. The fraction of sp³-hybridized carbons (Fsp3) is 0.650. The van der Waals surface area contributed by atoms with Crippen LogP contribution in [-0.2, 0) is 4.79 Å². The summed E-state index contributed by atoms with van der Waals surface area (Å²) in [6, 6.07) is 4.77. The molecule has 3 aliphatic rings. The second kappa shape index (κ2) is 7.35. The van der Waals surface area contributed by atoms with E-state index in [9.17, 15) is 14.7 Å². The Bertz CT molecular complexity index is 654. The van der Waals surface area contributed by atoms with Gasteiger partial charge in [-0.3, -0.25) is 14.6 Å². The molecule has 2 amide bonds. The summed E-state index contributed by atoms with van der Waals surface area (Å²) in [7, 11) is 0. The van der Waals surface area contributed by atoms with Gasteiger partial charge in [-0.25, -0.2) is 0 Å². The number of pyridine rings is 1. The second-order valence-corrected chi connectivity index (χ2v) is 8.07. The van der Waals surface area contributed by atoms with E-state index in [0.717, 1.165) is 13.1 Å². The van der Waals surface area contributed by atoms with Gasteiger partial charge in [0, 0.05) is 25.2 Å². The number of nitrogens with one attached hydrogen (secondary N) is 1. The maximum Gasteiger partial charge on any atom is 0.270 e. The molecule has 2 aliphatic carbocycles. The maximum absolute atomic E-state index is 13.0. The van der Waals surface area contributed by atoms with E-state index in [1.165, 1.54) is 19.3 Å². The molecule has 3 fully saturated rings. The van der Waals surface area contributed by atoms with Gasteiger partial charge in [-0.05, 0) is 56.1 Å². The number of carbonyl (C=O) groups excluding carboxylic acids is 2. The summed E-state index contributed by atoms with van der Waals surface area (Å²) in [6.07, 6.45) is 6.51. The monoisotopic (exact) mass is 357 g/mol. The lowest BCUT2D eigenvalue weighted by atomic mass is 9.82. The fourth-order valence-electron chi connectivity index (χ4n) is 4.95. The first-order chi connectivity index (χ1) is 12.6. The van der Waals surface area contributed by atoms with Gasteiger partial charge in [0.1, 0.15) is 5.69 Å². The van der Waals surface area contributed by atoms with Crippen LogP contribution in [0, 0.1) is 17.8 Å². The highest BCUT2D eigenvalue weighted by Crippen LogP contribution is 2.39. The average molecular weight is 357 g/mol. The van der Waals surface area contributed by atoms with Crippen LogP contribution in [0.3, 0.4) is 0 Å². The quantitative estimate of drug-likeness (QED) is 0.861. The van der Waals surface area contributed by atoms with Gasteiger partial charge in [0.2, 0.25) is 5.91 Å². The maximum atomic E-state index is 13.0. The molecule has 0 spiro atoms. The summed E-state index contributed by atoms with van der Waals surface area (Å²) in [5.41, 5.74) is 0.334. The number of aromatic nitrogens is 1. The van der Waals surface area contributed by atoms with Crippen molar-refractivity contribution in [1.29, 1.82) is 0 Å². The van der Waals surface area contributed by atoms with E-state index in [4.69, 9.17) is 0 Å². The predicted molar refractivity (Wildman–Crippen MR) is 96.3 cm³/mol. The number of hydrogen-bond donors (Lipinski definition) is 2. The Morgan fingerprint density at radius 1 is 1.12 bits per heavy atom. The molecular weight excluding hydrogens is 330 g/mol. The molecule has 0 aromatic carbocycles. The lowest BCUT2D eigenvalue weighted by Gasteiger charge is -2.35. The van der Waals surface area contributed by atoms with Crippen LogP contribution < -0.4 is 5.32 Å². The second-order valence-electron chi connectivity index (χ2n) is 8.07. The third-order valence-electron chi connectivity index (χ3n) is 6.42. The summed E-state index contributed by atoms with van der Waals surface area (Å²) in [5, 5.41) is 13.2. The van der Waals surface area contributed by atoms with E-state index in [1.807, 2.05) is 4.90 Å². The molecule has 1 aromatic rings. The molecule has 4 rings (SSSR count). The lowest BCUT2D eigenvalue weighted by molar-refractivity contribution is -0.137. The van der Waals surface area contributed by atoms with Gasteiger partial charge < -0.3 is 15.3 Å². The molecule has 0 unspecified atom stereocenters. The number of carbonyl (C=O) groups is 2. The molecule has 2 heterocycles. The lowest BCUT2D eigenvalue weighted by Crippen LogP contribution is -2.50. The van der Waals surface area contributed by atoms with E-state index in [2.05, 4.69) is 10.3 Å². The molecule has 1 aromatic heterocycles. The topological polar surface area (TPSA) is 82.5 Å². The minimum Gasteiger partial charge on any atom is -0.391 e. The molecule has 6 heteroatoms. The Labute approximate surface area is 154 Å². The zero-order valence-electron chi connectivity index (χ0n) is 15.0. The van der Waals surface area contributed by atoms with Crippen molar-refractivity contribution in [3.8, 4) is 0 Å². The highest BCUT2D eigenvalue weighted by Gasteiger charge is 2.42. The molecule has 0 radical (unpaired) electrons. The Hall–Kier alpha value is -1.95. The molecule has 0 bridgehead atoms. The van der Waals surface area contributed by atoms with Crippen LogP contribution in [0.25, 0.3) is 0 Å². The van der Waals surface area contributed by atoms with Crippen LogP contribution in [0.1, 0.15) is 49.0 Å². The van der Waals surface area contributed by atoms with Gasteiger partial charge in [-0.2, -0.15) is 0 Å². The van der Waals surface area contributed by atoms with Gasteiger partial charge in [0.05, 0.1) is 12.1 Å². The molecule has 5 atom stereocenters. The van der Waals surface area contributed by atoms with Crippen LogP contribution >= 0.6 is 0 Å². The largest absolute Gasteiger partial charge is 0.391 e. The van der Waals surface area contributed by atoms with Crippen molar-refractivity contribution < 1.29 is 14.7 Å². The van der Waals surface area contributed by atoms with E-state index in [1.54, 1.807) is 24.4 Å². The minimum absolute atomic E-state index is 0.105. The Morgan fingerprint density at radius 2 is 1.88 bits per heavy atom. The number of hydrogen-bond acceptors (Lipinski definition) is 4. The molecule has 1 saturated heterocycles. The molecule has 6 nitrogen and oxygen atoms in total. The van der Waals surface area contributed by atoms with Crippen molar-refractivity contribution in [1.82, 2.24) is 15.2 Å². The van der Waals surface area contributed by atoms with Gasteiger partial charge in [0.25, 0.3) is 5.91 Å². The van der Waals surface area contributed by atoms with E-state index in [0.29, 0.717) is 36.8 Å². The number of aliphatic hydroxyl groups is 1. The highest BCUT2D eigenvalue weighted by atomic mass is 16.3. The zero-order chi connectivity index (χ0) is 18.1. The predicted octanol–water partition coefficient (Wildman–Crippen LogP) is 1.60. The van der Waals surface area contributed by atoms with Crippen LogP contribution in [-0.4, -0.2) is 52.0 Å². The smallest absolute Gasteiger partial charge is 0.270 e. The van der Waals surface area contributed by atoms with Gasteiger partial charge in [-0.15, -0.1) is 0 Å². The summed E-state index contributed by atoms with van der Waals surface area (Å²) >= 11 is 0. The number of likely N-dealkylation sites (tertiary alicyclic amines) is 1. The fourth-order valence-corrected chi connectivity index (χ4v) is 4.95. The summed E-state index contributed by atoms with van der Waals surface area (Å²) < 4.78 is 0. The average Bonchev–Trinajstić information content (AvgIpc) is 3.25. The van der Waals surface area contributed by atoms with Crippen LogP contribution in [0.2, 0.25) is 0 Å². The van der Waals surface area contributed by atoms with Crippen molar-refractivity contribution in [3.63, 3.8) is 0 Å². The van der Waals surface area contributed by atoms with Gasteiger partial charge in [-0.1, -0.05) is 12.5 Å². The van der Waals surface area contributed by atoms with Crippen molar-refractivity contribution >= 4 is 11.8 Å². The van der Waals surface area contributed by atoms with Crippen molar-refractivity contribution in [3.05, 3.63) is 30.1 Å². The number of nitrogens with zero attached hydrogens (tertiary/aromatic N) is 2. The Balaban J connectivity index is 1.37. The van der Waals surface area contributed by atoms with Crippen LogP contribution in [0.5, 0.6) is 0 Å². The number of aliphatic hydroxyl groups excluding tert-OH is 1. The summed E-state index contributed by atoms with van der Waals surface area (Å²) in [5.74, 6) is 1.19. The summed E-state index contributed by atoms with van der Waals surface area (Å²) in [4.78, 5) is 31.4. The number of amides is 2. The van der Waals surface area contributed by atoms with Crippen molar-refractivity contribution in [2.24, 2.45) is 17.8 Å². The Kier molecular flexibility index (Phi) is 4.94. The molecule has 140 valence electrons. The third-order valence-corrected chi connectivity index (χ3v) is 6.42. The van der Waals surface area contributed by atoms with Crippen molar-refractivity contribution in [2.75, 3.05) is 13.1 Å². The highest BCUT2D eigenvalue weighted by molar-refractivity contribution is 5.92. The first-order valence-corrected chi connectivity index (χ1v) is 9.80. The van der Waals surface area contributed by atoms with Gasteiger partial charge >= 0.3 is 0 Å². The molecular formula is C20H27N3O3. The standard InChI is InChI=1S/C20H27N3O3/c24-18-8-7-13(20(26)23-11-14-4-3-5-15(14)12-23)10-17(18)22-19(25)16-6-1-2-9-21-16/h1-2,6,9,13-15,17-18,24H,3-5,7-8,10-12H2,(H,22,25)/t13-,14-,15+,17+,18+/m0/s1. The molecule has 26 heavy (non-hydrogen) atoms. The first kappa shape index (κ1) is 17.5. The number of rotatable bonds is 3. The third kappa shape index (κ3) is 3.47. The minimum atomic E-state index is -0.607. The molecule has 1 aliphatic heterocycles. The summed E-state index contributed by atoms with van der Waals surface area (Å²) in [6.45, 7) is 1.79. The Morgan fingerprint density at radius 3 is 2.58 bits per heavy atom. The van der Waals surface area contributed by atoms with E-state index >= 15 is 0 Å². The van der Waals surface area contributed by atoms with Gasteiger partial charge in [0.15, 0.2) is 0 Å². The van der Waals surface area contributed by atoms with Crippen molar-refractivity contribution in [2.45, 2.75) is 50.7 Å². The normalized spacial score (nSPS) is 33.7.